The van der Waals surface area contributed by atoms with Crippen LogP contribution in [0.2, 0.25) is 0 Å². The normalized spacial score (nSPS) is 8.20. The Morgan fingerprint density at radius 2 is 2.10 bits per heavy atom. The Kier molecular flexibility index (Phi) is 4.57. The molecule has 0 unspecified atom stereocenters. The number of amides is 1. The first-order chi connectivity index (χ1) is 4.66. The van der Waals surface area contributed by atoms with Crippen molar-refractivity contribution in [1.82, 2.24) is 16.2 Å². The minimum absolute atomic E-state index is 0.166. The molecule has 0 aliphatic heterocycles. The molecule has 0 saturated heterocycles. The summed E-state index contributed by atoms with van der Waals surface area (Å²) in [5.41, 5.74) is 4.84. The fourth-order valence-corrected chi connectivity index (χ4v) is 0.545. The van der Waals surface area contributed by atoms with E-state index in [4.69, 9.17) is 12.2 Å². The first-order valence-electron chi connectivity index (χ1n) is 2.97. The van der Waals surface area contributed by atoms with Crippen LogP contribution in [-0.2, 0) is 4.79 Å². The van der Waals surface area contributed by atoms with Crippen molar-refractivity contribution in [2.45, 2.75) is 13.8 Å². The van der Waals surface area contributed by atoms with Crippen molar-refractivity contribution in [1.29, 1.82) is 0 Å². The molecule has 3 N–H and O–H groups in total. The maximum absolute atomic E-state index is 10.3. The van der Waals surface area contributed by atoms with Gasteiger partial charge in [-0.1, -0.05) is 0 Å². The number of rotatable bonds is 1. The summed E-state index contributed by atoms with van der Waals surface area (Å²) in [6, 6.07) is 0. The summed E-state index contributed by atoms with van der Waals surface area (Å²) in [4.78, 5) is 10.3. The van der Waals surface area contributed by atoms with E-state index in [0.29, 0.717) is 5.11 Å². The van der Waals surface area contributed by atoms with Crippen LogP contribution in [0.25, 0.3) is 0 Å². The van der Waals surface area contributed by atoms with Gasteiger partial charge >= 0.3 is 0 Å². The first-order valence-corrected chi connectivity index (χ1v) is 3.38. The summed E-state index contributed by atoms with van der Waals surface area (Å²) in [6.07, 6.45) is 0. The lowest BCUT2D eigenvalue weighted by atomic mass is 10.7. The van der Waals surface area contributed by atoms with Crippen LogP contribution in [0.1, 0.15) is 13.8 Å². The van der Waals surface area contributed by atoms with E-state index in [0.717, 1.165) is 6.54 Å². The first kappa shape index (κ1) is 9.16. The van der Waals surface area contributed by atoms with Gasteiger partial charge in [-0.2, -0.15) is 0 Å². The quantitative estimate of drug-likeness (QED) is 0.359. The monoisotopic (exact) mass is 161 g/mol. The van der Waals surface area contributed by atoms with Gasteiger partial charge in [-0.25, -0.2) is 0 Å². The SMILES string of the molecule is CCNC(=S)NNC(C)=O. The lowest BCUT2D eigenvalue weighted by Crippen LogP contribution is -2.45. The topological polar surface area (TPSA) is 53.2 Å². The van der Waals surface area contributed by atoms with Gasteiger partial charge in [0, 0.05) is 13.5 Å². The standard InChI is InChI=1S/C5H11N3OS/c1-3-6-5(10)8-7-4(2)9/h3H2,1-2H3,(H,7,9)(H2,6,8,10). The van der Waals surface area contributed by atoms with Crippen LogP contribution in [0.15, 0.2) is 0 Å². The molecule has 0 aromatic heterocycles. The zero-order chi connectivity index (χ0) is 7.98. The molecule has 4 nitrogen and oxygen atoms in total. The smallest absolute Gasteiger partial charge is 0.235 e. The molecule has 0 saturated carbocycles. The predicted octanol–water partition coefficient (Wildman–Crippen LogP) is -0.478. The number of thiocarbonyl (C=S) groups is 1. The van der Waals surface area contributed by atoms with Gasteiger partial charge < -0.3 is 5.32 Å². The average Bonchev–Trinajstić information content (AvgIpc) is 1.85. The molecule has 0 rings (SSSR count). The van der Waals surface area contributed by atoms with Gasteiger partial charge in [-0.3, -0.25) is 15.6 Å². The number of nitrogens with one attached hydrogen (secondary N) is 3. The molecule has 0 radical (unpaired) electrons. The molecule has 0 atom stereocenters. The Hall–Kier alpha value is -0.840. The maximum Gasteiger partial charge on any atom is 0.235 e. The molecule has 0 spiro atoms. The molecule has 0 aromatic rings. The number of hydrogen-bond acceptors (Lipinski definition) is 2. The molecule has 10 heavy (non-hydrogen) atoms. The van der Waals surface area contributed by atoms with Gasteiger partial charge in [-0.05, 0) is 19.1 Å². The van der Waals surface area contributed by atoms with Crippen molar-refractivity contribution in [2.24, 2.45) is 0 Å². The number of carbonyl (C=O) groups is 1. The number of hydrazine groups is 1. The van der Waals surface area contributed by atoms with E-state index >= 15 is 0 Å². The van der Waals surface area contributed by atoms with E-state index in [9.17, 15) is 4.79 Å². The Labute approximate surface area is 65.3 Å². The molecule has 1 amide bonds. The highest BCUT2D eigenvalue weighted by Gasteiger charge is 1.91. The molecular weight excluding hydrogens is 150 g/mol. The molecule has 0 aromatic carbocycles. The summed E-state index contributed by atoms with van der Waals surface area (Å²) < 4.78 is 0. The maximum atomic E-state index is 10.3. The minimum atomic E-state index is -0.166. The Morgan fingerprint density at radius 1 is 1.50 bits per heavy atom. The molecular formula is C5H11N3OS. The van der Waals surface area contributed by atoms with E-state index in [1.54, 1.807) is 0 Å². The highest BCUT2D eigenvalue weighted by Crippen LogP contribution is 1.61. The molecule has 5 heteroatoms. The number of hydrogen-bond donors (Lipinski definition) is 3. The van der Waals surface area contributed by atoms with Crippen LogP contribution in [-0.4, -0.2) is 17.6 Å². The van der Waals surface area contributed by atoms with Crippen LogP contribution >= 0.6 is 12.2 Å². The van der Waals surface area contributed by atoms with Crippen molar-refractivity contribution in [3.05, 3.63) is 0 Å². The third-order valence-electron chi connectivity index (χ3n) is 0.689. The zero-order valence-electron chi connectivity index (χ0n) is 6.02. The third kappa shape index (κ3) is 5.30. The Balaban J connectivity index is 3.30. The summed E-state index contributed by atoms with van der Waals surface area (Å²) in [5.74, 6) is -0.166. The fourth-order valence-electron chi connectivity index (χ4n) is 0.350. The van der Waals surface area contributed by atoms with Crippen LogP contribution in [0, 0.1) is 0 Å². The van der Waals surface area contributed by atoms with Gasteiger partial charge in [-0.15, -0.1) is 0 Å². The minimum Gasteiger partial charge on any atom is -0.362 e. The molecule has 0 bridgehead atoms. The summed E-state index contributed by atoms with van der Waals surface area (Å²) in [7, 11) is 0. The van der Waals surface area contributed by atoms with Crippen molar-refractivity contribution in [3.63, 3.8) is 0 Å². The molecule has 0 heterocycles. The van der Waals surface area contributed by atoms with Crippen LogP contribution in [0.3, 0.4) is 0 Å². The Bertz CT molecular complexity index is 137. The number of carbonyl (C=O) groups excluding carboxylic acids is 1. The zero-order valence-corrected chi connectivity index (χ0v) is 6.84. The molecule has 58 valence electrons. The largest absolute Gasteiger partial charge is 0.362 e. The van der Waals surface area contributed by atoms with Gasteiger partial charge in [0.2, 0.25) is 5.91 Å². The van der Waals surface area contributed by atoms with E-state index in [2.05, 4.69) is 16.2 Å². The Morgan fingerprint density at radius 3 is 2.50 bits per heavy atom. The predicted molar refractivity (Wildman–Crippen MR) is 43.2 cm³/mol. The molecule has 0 aliphatic rings. The molecule has 0 fully saturated rings. The van der Waals surface area contributed by atoms with Crippen molar-refractivity contribution in [3.8, 4) is 0 Å². The van der Waals surface area contributed by atoms with Crippen molar-refractivity contribution in [2.75, 3.05) is 6.54 Å². The second kappa shape index (κ2) is 4.99. The van der Waals surface area contributed by atoms with Gasteiger partial charge in [0.05, 0.1) is 0 Å². The third-order valence-corrected chi connectivity index (χ3v) is 0.936. The van der Waals surface area contributed by atoms with E-state index in [1.165, 1.54) is 6.92 Å². The van der Waals surface area contributed by atoms with Crippen LogP contribution in [0.4, 0.5) is 0 Å². The van der Waals surface area contributed by atoms with Gasteiger partial charge in [0.15, 0.2) is 5.11 Å². The molecule has 0 aliphatic carbocycles. The highest BCUT2D eigenvalue weighted by atomic mass is 32.1. The second-order valence-corrected chi connectivity index (χ2v) is 2.07. The van der Waals surface area contributed by atoms with E-state index in [-0.39, 0.29) is 5.91 Å². The average molecular weight is 161 g/mol. The summed E-state index contributed by atoms with van der Waals surface area (Å²) >= 11 is 4.73. The van der Waals surface area contributed by atoms with Crippen LogP contribution < -0.4 is 16.2 Å². The lowest BCUT2D eigenvalue weighted by Gasteiger charge is -2.07. The van der Waals surface area contributed by atoms with Crippen molar-refractivity contribution < 1.29 is 4.79 Å². The van der Waals surface area contributed by atoms with Crippen LogP contribution in [0.5, 0.6) is 0 Å². The second-order valence-electron chi connectivity index (χ2n) is 1.67. The highest BCUT2D eigenvalue weighted by molar-refractivity contribution is 7.80. The van der Waals surface area contributed by atoms with Gasteiger partial charge in [0.1, 0.15) is 0 Å². The van der Waals surface area contributed by atoms with E-state index < -0.39 is 0 Å². The van der Waals surface area contributed by atoms with Gasteiger partial charge in [0.25, 0.3) is 0 Å². The van der Waals surface area contributed by atoms with Crippen molar-refractivity contribution >= 4 is 23.2 Å². The van der Waals surface area contributed by atoms with E-state index in [1.807, 2.05) is 6.92 Å². The summed E-state index contributed by atoms with van der Waals surface area (Å²) in [5, 5.41) is 3.23. The fraction of sp³-hybridized carbons (Fsp3) is 0.600. The summed E-state index contributed by atoms with van der Waals surface area (Å²) in [6.45, 7) is 4.06. The lowest BCUT2D eigenvalue weighted by molar-refractivity contribution is -0.119.